The van der Waals surface area contributed by atoms with Crippen molar-refractivity contribution >= 4 is 5.87 Å². The Labute approximate surface area is 75.2 Å². The zero-order valence-corrected chi connectivity index (χ0v) is 8.17. The van der Waals surface area contributed by atoms with E-state index in [1.807, 2.05) is 19.1 Å². The fraction of sp³-hybridized carbons (Fsp3) is 0.455. The lowest BCUT2D eigenvalue weighted by Crippen LogP contribution is -1.91. The summed E-state index contributed by atoms with van der Waals surface area (Å²) in [5, 5.41) is 0. The van der Waals surface area contributed by atoms with E-state index in [0.717, 1.165) is 12.0 Å². The molecular formula is C11H17N. The largest absolute Gasteiger partial charge is 0.240 e. The minimum atomic E-state index is 0.374. The summed E-state index contributed by atoms with van der Waals surface area (Å²) in [7, 11) is 0. The van der Waals surface area contributed by atoms with E-state index >= 15 is 0 Å². The third-order valence-electron chi connectivity index (χ3n) is 1.63. The molecule has 0 rings (SSSR count). The second-order valence-corrected chi connectivity index (χ2v) is 2.80. The molecule has 66 valence electrons. The van der Waals surface area contributed by atoms with Crippen molar-refractivity contribution in [1.29, 1.82) is 0 Å². The fourth-order valence-corrected chi connectivity index (χ4v) is 0.498. The summed E-state index contributed by atoms with van der Waals surface area (Å²) in [4.78, 5) is 4.16. The van der Waals surface area contributed by atoms with Crippen LogP contribution in [-0.2, 0) is 0 Å². The first-order chi connectivity index (χ1) is 5.70. The van der Waals surface area contributed by atoms with Crippen molar-refractivity contribution in [2.75, 3.05) is 0 Å². The Hall–Kier alpha value is -1.07. The predicted molar refractivity (Wildman–Crippen MR) is 55.7 cm³/mol. The number of allylic oxidation sites excluding steroid dienone is 4. The number of hydrogen-bond acceptors (Lipinski definition) is 1. The van der Waals surface area contributed by atoms with Gasteiger partial charge >= 0.3 is 0 Å². The molecule has 0 heterocycles. The third kappa shape index (κ3) is 5.70. The van der Waals surface area contributed by atoms with Gasteiger partial charge in [0.1, 0.15) is 0 Å². The average Bonchev–Trinajstić information content (AvgIpc) is 2.11. The van der Waals surface area contributed by atoms with E-state index in [4.69, 9.17) is 0 Å². The Balaban J connectivity index is 4.06. The summed E-state index contributed by atoms with van der Waals surface area (Å²) < 4.78 is 0. The highest BCUT2D eigenvalue weighted by Gasteiger charge is 1.87. The Kier molecular flexibility index (Phi) is 6.04. The van der Waals surface area contributed by atoms with Gasteiger partial charge in [-0.1, -0.05) is 31.2 Å². The summed E-state index contributed by atoms with van der Waals surface area (Å²) >= 11 is 0. The molecule has 0 bridgehead atoms. The quantitative estimate of drug-likeness (QED) is 0.446. The van der Waals surface area contributed by atoms with Crippen LogP contribution < -0.4 is 0 Å². The molecule has 0 aliphatic carbocycles. The van der Waals surface area contributed by atoms with Crippen LogP contribution in [0.5, 0.6) is 0 Å². The highest BCUT2D eigenvalue weighted by molar-refractivity contribution is 5.55. The Morgan fingerprint density at radius 3 is 2.83 bits per heavy atom. The Morgan fingerprint density at radius 1 is 1.67 bits per heavy atom. The standard InChI is InChI=1S/C11H17N/c1-5-10(3)8-7-9-12-11(4)6-2/h5,7-8,11H,1,6H2,2-4H3. The number of rotatable bonds is 4. The normalized spacial score (nSPS) is 13.1. The molecule has 1 unspecified atom stereocenters. The number of hydrogen-bond donors (Lipinski definition) is 0. The minimum Gasteiger partial charge on any atom is -0.240 e. The summed E-state index contributed by atoms with van der Waals surface area (Å²) in [6.07, 6.45) is 6.63. The van der Waals surface area contributed by atoms with Crippen LogP contribution in [0, 0.1) is 0 Å². The van der Waals surface area contributed by atoms with Gasteiger partial charge < -0.3 is 0 Å². The first kappa shape index (κ1) is 10.9. The van der Waals surface area contributed by atoms with Gasteiger partial charge in [0.25, 0.3) is 0 Å². The van der Waals surface area contributed by atoms with Gasteiger partial charge in [0.2, 0.25) is 0 Å². The molecule has 1 nitrogen and oxygen atoms in total. The molecule has 12 heavy (non-hydrogen) atoms. The first-order valence-corrected chi connectivity index (χ1v) is 4.28. The summed E-state index contributed by atoms with van der Waals surface area (Å²) in [5.41, 5.74) is 1.13. The van der Waals surface area contributed by atoms with E-state index in [2.05, 4.69) is 31.3 Å². The van der Waals surface area contributed by atoms with Crippen LogP contribution in [0.1, 0.15) is 27.2 Å². The van der Waals surface area contributed by atoms with Crippen molar-refractivity contribution in [1.82, 2.24) is 0 Å². The van der Waals surface area contributed by atoms with Gasteiger partial charge in [-0.25, -0.2) is 4.99 Å². The zero-order valence-electron chi connectivity index (χ0n) is 8.17. The lowest BCUT2D eigenvalue weighted by molar-refractivity contribution is 0.721. The molecule has 0 fully saturated rings. The summed E-state index contributed by atoms with van der Waals surface area (Å²) in [6.45, 7) is 9.82. The lowest BCUT2D eigenvalue weighted by atomic mass is 10.3. The predicted octanol–water partition coefficient (Wildman–Crippen LogP) is 3.14. The molecule has 0 amide bonds. The molecule has 0 radical (unpaired) electrons. The van der Waals surface area contributed by atoms with Crippen molar-refractivity contribution < 1.29 is 0 Å². The van der Waals surface area contributed by atoms with Crippen molar-refractivity contribution in [3.8, 4) is 0 Å². The van der Waals surface area contributed by atoms with Gasteiger partial charge in [0.05, 0.1) is 6.04 Å². The van der Waals surface area contributed by atoms with Gasteiger partial charge in [-0.3, -0.25) is 0 Å². The number of nitrogens with zero attached hydrogens (tertiary/aromatic N) is 1. The summed E-state index contributed by atoms with van der Waals surface area (Å²) in [6, 6.07) is 0.374. The highest BCUT2D eigenvalue weighted by atomic mass is 14.7. The van der Waals surface area contributed by atoms with Crippen LogP contribution in [0.3, 0.4) is 0 Å². The maximum Gasteiger partial charge on any atom is 0.0563 e. The maximum absolute atomic E-state index is 4.16. The SMILES string of the molecule is C=CC(C)=CC=C=NC(C)CC. The first-order valence-electron chi connectivity index (χ1n) is 4.28. The lowest BCUT2D eigenvalue weighted by Gasteiger charge is -1.94. The topological polar surface area (TPSA) is 12.4 Å². The van der Waals surface area contributed by atoms with E-state index < -0.39 is 0 Å². The Bertz CT molecular complexity index is 217. The van der Waals surface area contributed by atoms with Gasteiger partial charge in [0.15, 0.2) is 0 Å². The second kappa shape index (κ2) is 6.63. The maximum atomic E-state index is 4.16. The van der Waals surface area contributed by atoms with E-state index in [0.29, 0.717) is 6.04 Å². The molecule has 0 saturated heterocycles. The van der Waals surface area contributed by atoms with Crippen LogP contribution in [0.15, 0.2) is 35.4 Å². The van der Waals surface area contributed by atoms with Crippen LogP contribution in [0.4, 0.5) is 0 Å². The van der Waals surface area contributed by atoms with E-state index in [1.54, 1.807) is 6.08 Å². The average molecular weight is 163 g/mol. The molecule has 0 aromatic rings. The van der Waals surface area contributed by atoms with Crippen molar-refractivity contribution in [3.05, 3.63) is 30.4 Å². The minimum absolute atomic E-state index is 0.374. The van der Waals surface area contributed by atoms with Crippen LogP contribution in [-0.4, -0.2) is 11.9 Å². The van der Waals surface area contributed by atoms with Crippen molar-refractivity contribution in [3.63, 3.8) is 0 Å². The smallest absolute Gasteiger partial charge is 0.0563 e. The molecule has 0 aromatic heterocycles. The zero-order chi connectivity index (χ0) is 9.40. The van der Waals surface area contributed by atoms with E-state index in [9.17, 15) is 0 Å². The van der Waals surface area contributed by atoms with Gasteiger partial charge in [-0.2, -0.15) is 0 Å². The van der Waals surface area contributed by atoms with Crippen molar-refractivity contribution in [2.24, 2.45) is 4.99 Å². The molecule has 0 aliphatic rings. The summed E-state index contributed by atoms with van der Waals surface area (Å²) in [5.74, 6) is 2.88. The van der Waals surface area contributed by atoms with E-state index in [1.165, 1.54) is 0 Å². The van der Waals surface area contributed by atoms with E-state index in [-0.39, 0.29) is 0 Å². The fourth-order valence-electron chi connectivity index (χ4n) is 0.498. The van der Waals surface area contributed by atoms with Crippen LogP contribution in [0.2, 0.25) is 0 Å². The molecule has 0 saturated carbocycles. The number of aliphatic imine (C=N–C) groups is 1. The van der Waals surface area contributed by atoms with Gasteiger partial charge in [-0.15, -0.1) is 0 Å². The molecule has 0 spiro atoms. The van der Waals surface area contributed by atoms with Crippen molar-refractivity contribution in [2.45, 2.75) is 33.2 Å². The molecule has 1 atom stereocenters. The highest BCUT2D eigenvalue weighted by Crippen LogP contribution is 1.93. The Morgan fingerprint density at radius 2 is 2.33 bits per heavy atom. The molecule has 0 aliphatic heterocycles. The van der Waals surface area contributed by atoms with Crippen LogP contribution in [0.25, 0.3) is 0 Å². The van der Waals surface area contributed by atoms with Gasteiger partial charge in [-0.05, 0) is 32.2 Å². The van der Waals surface area contributed by atoms with Gasteiger partial charge in [0, 0.05) is 0 Å². The third-order valence-corrected chi connectivity index (χ3v) is 1.63. The molecule has 0 aromatic carbocycles. The molecular weight excluding hydrogens is 146 g/mol. The van der Waals surface area contributed by atoms with Crippen LogP contribution >= 0.6 is 0 Å². The molecule has 0 N–H and O–H groups in total. The second-order valence-electron chi connectivity index (χ2n) is 2.80. The monoisotopic (exact) mass is 163 g/mol. The molecule has 1 heteroatoms.